The van der Waals surface area contributed by atoms with Crippen LogP contribution in [0.1, 0.15) is 42.5 Å². The average molecular weight is 364 g/mol. The van der Waals surface area contributed by atoms with Gasteiger partial charge in [-0.25, -0.2) is 0 Å². The minimum absolute atomic E-state index is 0.0345. The third kappa shape index (κ3) is 3.75. The number of nitrogens with zero attached hydrogens (tertiary/aromatic N) is 1. The van der Waals surface area contributed by atoms with E-state index in [0.717, 1.165) is 35.3 Å². The van der Waals surface area contributed by atoms with Crippen molar-refractivity contribution in [2.75, 3.05) is 16.8 Å². The first-order valence-corrected chi connectivity index (χ1v) is 9.74. The minimum atomic E-state index is -0.328. The number of benzene rings is 2. The van der Waals surface area contributed by atoms with Gasteiger partial charge >= 0.3 is 0 Å². The molecule has 4 heteroatoms. The van der Waals surface area contributed by atoms with Gasteiger partial charge in [0.25, 0.3) is 0 Å². The highest BCUT2D eigenvalue weighted by molar-refractivity contribution is 6.04. The average Bonchev–Trinajstić information content (AvgIpc) is 3.05. The Kier molecular flexibility index (Phi) is 5.64. The van der Waals surface area contributed by atoms with E-state index in [0.29, 0.717) is 6.54 Å². The Hall–Kier alpha value is -2.62. The van der Waals surface area contributed by atoms with Crippen LogP contribution >= 0.6 is 0 Å². The molecule has 2 aromatic carbocycles. The van der Waals surface area contributed by atoms with Crippen LogP contribution in [0.15, 0.2) is 36.4 Å². The van der Waals surface area contributed by atoms with E-state index in [-0.39, 0.29) is 24.2 Å². The summed E-state index contributed by atoms with van der Waals surface area (Å²) in [5, 5.41) is 3.05. The summed E-state index contributed by atoms with van der Waals surface area (Å²) >= 11 is 0. The molecule has 142 valence electrons. The van der Waals surface area contributed by atoms with Crippen LogP contribution in [0, 0.1) is 19.8 Å². The lowest BCUT2D eigenvalue weighted by Crippen LogP contribution is -2.29. The molecule has 0 radical (unpaired) electrons. The van der Waals surface area contributed by atoms with Gasteiger partial charge in [0.05, 0.1) is 5.92 Å². The van der Waals surface area contributed by atoms with Crippen molar-refractivity contribution < 1.29 is 9.59 Å². The lowest BCUT2D eigenvalue weighted by molar-refractivity contribution is -0.122. The molecule has 1 atom stereocenters. The first-order chi connectivity index (χ1) is 13.0. The van der Waals surface area contributed by atoms with Crippen LogP contribution in [0.3, 0.4) is 0 Å². The van der Waals surface area contributed by atoms with Crippen molar-refractivity contribution >= 4 is 23.2 Å². The molecule has 1 aliphatic heterocycles. The fourth-order valence-corrected chi connectivity index (χ4v) is 3.90. The summed E-state index contributed by atoms with van der Waals surface area (Å²) in [7, 11) is 0. The molecule has 0 aromatic heterocycles. The third-order valence-electron chi connectivity index (χ3n) is 5.46. The number of hydrogen-bond acceptors (Lipinski definition) is 2. The van der Waals surface area contributed by atoms with E-state index in [1.807, 2.05) is 43.0 Å². The smallest absolute Gasteiger partial charge is 0.229 e. The second-order valence-electron chi connectivity index (χ2n) is 7.29. The first-order valence-electron chi connectivity index (χ1n) is 9.74. The number of nitrogens with one attached hydrogen (secondary N) is 1. The van der Waals surface area contributed by atoms with Crippen LogP contribution in [0.5, 0.6) is 0 Å². The van der Waals surface area contributed by atoms with Gasteiger partial charge in [0.15, 0.2) is 0 Å². The first kappa shape index (κ1) is 19.2. The maximum atomic E-state index is 12.9. The Labute approximate surface area is 161 Å². The normalized spacial score (nSPS) is 16.7. The number of amides is 2. The second-order valence-corrected chi connectivity index (χ2v) is 7.29. The van der Waals surface area contributed by atoms with Gasteiger partial charge in [0.2, 0.25) is 11.8 Å². The van der Waals surface area contributed by atoms with E-state index in [1.165, 1.54) is 11.1 Å². The van der Waals surface area contributed by atoms with Crippen molar-refractivity contribution in [1.29, 1.82) is 0 Å². The topological polar surface area (TPSA) is 49.4 Å². The summed E-state index contributed by atoms with van der Waals surface area (Å²) < 4.78 is 0. The molecule has 2 aromatic rings. The largest absolute Gasteiger partial charge is 0.325 e. The maximum Gasteiger partial charge on any atom is 0.229 e. The van der Waals surface area contributed by atoms with E-state index in [1.54, 1.807) is 0 Å². The molecule has 1 N–H and O–H groups in total. The molecule has 1 saturated heterocycles. The zero-order chi connectivity index (χ0) is 19.6. The van der Waals surface area contributed by atoms with Crippen molar-refractivity contribution in [2.24, 2.45) is 5.92 Å². The van der Waals surface area contributed by atoms with E-state index in [4.69, 9.17) is 0 Å². The minimum Gasteiger partial charge on any atom is -0.325 e. The van der Waals surface area contributed by atoms with Gasteiger partial charge in [-0.05, 0) is 48.9 Å². The summed E-state index contributed by atoms with van der Waals surface area (Å²) in [5.41, 5.74) is 6.27. The van der Waals surface area contributed by atoms with Gasteiger partial charge < -0.3 is 10.2 Å². The van der Waals surface area contributed by atoms with Crippen LogP contribution in [0.25, 0.3) is 0 Å². The van der Waals surface area contributed by atoms with Gasteiger partial charge in [0, 0.05) is 24.3 Å². The molecule has 0 aliphatic carbocycles. The molecule has 4 nitrogen and oxygen atoms in total. The Morgan fingerprint density at radius 1 is 1.04 bits per heavy atom. The Morgan fingerprint density at radius 2 is 1.59 bits per heavy atom. The molecule has 1 fully saturated rings. The zero-order valence-electron chi connectivity index (χ0n) is 16.6. The molecule has 0 spiro atoms. The Bertz CT molecular complexity index is 830. The fraction of sp³-hybridized carbons (Fsp3) is 0.391. The summed E-state index contributed by atoms with van der Waals surface area (Å²) in [4.78, 5) is 27.4. The van der Waals surface area contributed by atoms with Crippen LogP contribution in [0.4, 0.5) is 11.4 Å². The van der Waals surface area contributed by atoms with Crippen molar-refractivity contribution in [2.45, 2.75) is 47.0 Å². The Morgan fingerprint density at radius 3 is 2.15 bits per heavy atom. The molecular formula is C23H28N2O2. The lowest BCUT2D eigenvalue weighted by Gasteiger charge is -2.23. The molecular weight excluding hydrogens is 336 g/mol. The summed E-state index contributed by atoms with van der Waals surface area (Å²) in [6.07, 6.45) is 2.00. The number of hydrogen-bond donors (Lipinski definition) is 1. The van der Waals surface area contributed by atoms with E-state index in [2.05, 4.69) is 31.3 Å². The van der Waals surface area contributed by atoms with Crippen molar-refractivity contribution in [3.8, 4) is 0 Å². The van der Waals surface area contributed by atoms with Gasteiger partial charge in [-0.3, -0.25) is 9.59 Å². The number of carbonyl (C=O) groups is 2. The fourth-order valence-electron chi connectivity index (χ4n) is 3.90. The van der Waals surface area contributed by atoms with Gasteiger partial charge in [-0.15, -0.1) is 0 Å². The maximum absolute atomic E-state index is 12.9. The van der Waals surface area contributed by atoms with Crippen molar-refractivity contribution in [1.82, 2.24) is 0 Å². The number of rotatable bonds is 5. The molecule has 0 saturated carbocycles. The molecule has 3 rings (SSSR count). The quantitative estimate of drug-likeness (QED) is 0.854. The molecule has 27 heavy (non-hydrogen) atoms. The predicted molar refractivity (Wildman–Crippen MR) is 110 cm³/mol. The highest BCUT2D eigenvalue weighted by atomic mass is 16.2. The van der Waals surface area contributed by atoms with E-state index < -0.39 is 0 Å². The van der Waals surface area contributed by atoms with Gasteiger partial charge in [0.1, 0.15) is 0 Å². The molecule has 2 amide bonds. The van der Waals surface area contributed by atoms with Crippen LogP contribution in [0.2, 0.25) is 0 Å². The zero-order valence-corrected chi connectivity index (χ0v) is 16.6. The molecule has 0 bridgehead atoms. The summed E-state index contributed by atoms with van der Waals surface area (Å²) in [6, 6.07) is 12.2. The monoisotopic (exact) mass is 364 g/mol. The number of aryl methyl sites for hydroxylation is 4. The second kappa shape index (κ2) is 7.95. The molecule has 1 aliphatic rings. The van der Waals surface area contributed by atoms with Gasteiger partial charge in [-0.2, -0.15) is 0 Å². The van der Waals surface area contributed by atoms with Gasteiger partial charge in [-0.1, -0.05) is 50.2 Å². The standard InChI is InChI=1S/C23H28N2O2/c1-5-17-11-8-12-18(6-2)22(17)25-14-19(13-20(25)26)23(27)24-21-15(3)9-7-10-16(21)4/h7-12,19H,5-6,13-14H2,1-4H3,(H,24,27). The lowest BCUT2D eigenvalue weighted by atomic mass is 10.0. The summed E-state index contributed by atoms with van der Waals surface area (Å²) in [5.74, 6) is -0.367. The van der Waals surface area contributed by atoms with Crippen LogP contribution in [-0.4, -0.2) is 18.4 Å². The number of carbonyl (C=O) groups excluding carboxylic acids is 2. The SMILES string of the molecule is CCc1cccc(CC)c1N1CC(C(=O)Nc2c(C)cccc2C)CC1=O. The van der Waals surface area contributed by atoms with Crippen molar-refractivity contribution in [3.05, 3.63) is 58.7 Å². The summed E-state index contributed by atoms with van der Waals surface area (Å²) in [6.45, 7) is 8.62. The molecule has 1 heterocycles. The van der Waals surface area contributed by atoms with E-state index >= 15 is 0 Å². The number of para-hydroxylation sites is 2. The van der Waals surface area contributed by atoms with Crippen LogP contribution < -0.4 is 10.2 Å². The third-order valence-corrected chi connectivity index (χ3v) is 5.46. The molecule has 1 unspecified atom stereocenters. The van der Waals surface area contributed by atoms with Crippen molar-refractivity contribution in [3.63, 3.8) is 0 Å². The predicted octanol–water partition coefficient (Wildman–Crippen LogP) is 4.42. The highest BCUT2D eigenvalue weighted by Crippen LogP contribution is 2.33. The highest BCUT2D eigenvalue weighted by Gasteiger charge is 2.36. The Balaban J connectivity index is 1.83. The number of anilines is 2. The van der Waals surface area contributed by atoms with E-state index in [9.17, 15) is 9.59 Å². The van der Waals surface area contributed by atoms with Crippen LogP contribution in [-0.2, 0) is 22.4 Å².